The molecule has 27 heavy (non-hydrogen) atoms. The molecule has 1 saturated carbocycles. The van der Waals surface area contributed by atoms with Crippen molar-refractivity contribution in [2.24, 2.45) is 11.1 Å². The van der Waals surface area contributed by atoms with Crippen LogP contribution < -0.4 is 15.4 Å². The van der Waals surface area contributed by atoms with Gasteiger partial charge >= 0.3 is 6.36 Å². The lowest BCUT2D eigenvalue weighted by Gasteiger charge is -2.60. The number of nitrogens with zero attached hydrogens (tertiary/aromatic N) is 1. The zero-order valence-corrected chi connectivity index (χ0v) is 14.6. The van der Waals surface area contributed by atoms with Crippen LogP contribution in [0.1, 0.15) is 29.9 Å². The molecule has 1 aliphatic heterocycles. The van der Waals surface area contributed by atoms with Crippen LogP contribution in [0.5, 0.6) is 5.75 Å². The highest BCUT2D eigenvalue weighted by Crippen LogP contribution is 2.56. The molecule has 4 rings (SSSR count). The van der Waals surface area contributed by atoms with Crippen molar-refractivity contribution < 1.29 is 22.3 Å². The smallest absolute Gasteiger partial charge is 0.406 e. The highest BCUT2D eigenvalue weighted by Gasteiger charge is 2.52. The van der Waals surface area contributed by atoms with Gasteiger partial charge in [0.1, 0.15) is 11.6 Å². The van der Waals surface area contributed by atoms with Gasteiger partial charge in [-0.3, -0.25) is 0 Å². The van der Waals surface area contributed by atoms with Crippen molar-refractivity contribution in [2.75, 3.05) is 18.0 Å². The summed E-state index contributed by atoms with van der Waals surface area (Å²) in [7, 11) is 0. The van der Waals surface area contributed by atoms with Crippen molar-refractivity contribution in [3.05, 3.63) is 59.4 Å². The minimum atomic E-state index is -4.68. The summed E-state index contributed by atoms with van der Waals surface area (Å²) in [5, 5.41) is 0. The first kappa shape index (κ1) is 18.1. The fraction of sp³-hybridized carbons (Fsp3) is 0.400. The maximum atomic E-state index is 13.9. The average Bonchev–Trinajstić information content (AvgIpc) is 2.52. The molecule has 0 aromatic heterocycles. The highest BCUT2D eigenvalue weighted by atomic mass is 19.4. The zero-order valence-electron chi connectivity index (χ0n) is 14.6. The van der Waals surface area contributed by atoms with Crippen LogP contribution in [0.25, 0.3) is 0 Å². The molecule has 0 unspecified atom stereocenters. The molecule has 7 heteroatoms. The van der Waals surface area contributed by atoms with Gasteiger partial charge in [-0.1, -0.05) is 12.1 Å². The Morgan fingerprint density at radius 2 is 1.74 bits per heavy atom. The summed E-state index contributed by atoms with van der Waals surface area (Å²) in [6, 6.07) is 11.3. The third-order valence-electron chi connectivity index (χ3n) is 5.62. The average molecular weight is 380 g/mol. The number of anilines is 1. The summed E-state index contributed by atoms with van der Waals surface area (Å²) in [4.78, 5) is 2.14. The monoisotopic (exact) mass is 380 g/mol. The molecule has 2 fully saturated rings. The Kier molecular flexibility index (Phi) is 4.29. The molecule has 144 valence electrons. The van der Waals surface area contributed by atoms with Crippen LogP contribution in [0.2, 0.25) is 0 Å². The second-order valence-electron chi connectivity index (χ2n) is 7.56. The Hall–Kier alpha value is -2.28. The van der Waals surface area contributed by atoms with E-state index in [2.05, 4.69) is 9.64 Å². The van der Waals surface area contributed by atoms with E-state index in [9.17, 15) is 17.6 Å². The Morgan fingerprint density at radius 3 is 2.30 bits per heavy atom. The molecule has 2 N–H and O–H groups in total. The van der Waals surface area contributed by atoms with Gasteiger partial charge in [0.2, 0.25) is 0 Å². The van der Waals surface area contributed by atoms with Gasteiger partial charge in [-0.05, 0) is 54.7 Å². The van der Waals surface area contributed by atoms with Crippen LogP contribution >= 0.6 is 0 Å². The third-order valence-corrected chi connectivity index (χ3v) is 5.62. The van der Waals surface area contributed by atoms with Crippen molar-refractivity contribution in [3.8, 4) is 5.75 Å². The van der Waals surface area contributed by atoms with Gasteiger partial charge in [-0.2, -0.15) is 0 Å². The fourth-order valence-electron chi connectivity index (χ4n) is 4.27. The Bertz CT molecular complexity index is 821. The largest absolute Gasteiger partial charge is 0.573 e. The molecule has 1 spiro atoms. The van der Waals surface area contributed by atoms with E-state index < -0.39 is 6.36 Å². The summed E-state index contributed by atoms with van der Waals surface area (Å²) in [6.45, 7) is 1.93. The van der Waals surface area contributed by atoms with Crippen molar-refractivity contribution in [1.29, 1.82) is 0 Å². The van der Waals surface area contributed by atoms with Crippen molar-refractivity contribution >= 4 is 5.69 Å². The van der Waals surface area contributed by atoms with E-state index in [1.54, 1.807) is 24.3 Å². The van der Waals surface area contributed by atoms with Crippen molar-refractivity contribution in [2.45, 2.75) is 31.7 Å². The predicted octanol–water partition coefficient (Wildman–Crippen LogP) is 4.57. The first-order chi connectivity index (χ1) is 12.8. The van der Waals surface area contributed by atoms with Crippen LogP contribution in [0.15, 0.2) is 42.5 Å². The highest BCUT2D eigenvalue weighted by molar-refractivity contribution is 5.53. The van der Waals surface area contributed by atoms with Gasteiger partial charge in [-0.25, -0.2) is 4.39 Å². The summed E-state index contributed by atoms with van der Waals surface area (Å²) in [6.07, 6.45) is -2.68. The number of benzene rings is 2. The number of alkyl halides is 3. The Morgan fingerprint density at radius 1 is 1.07 bits per heavy atom. The number of rotatable bonds is 4. The molecule has 3 nitrogen and oxygen atoms in total. The number of halogens is 4. The minimum Gasteiger partial charge on any atom is -0.406 e. The number of ether oxygens (including phenoxy) is 1. The molecule has 0 radical (unpaired) electrons. The first-order valence-electron chi connectivity index (χ1n) is 8.86. The lowest BCUT2D eigenvalue weighted by molar-refractivity contribution is -0.274. The van der Waals surface area contributed by atoms with Crippen LogP contribution in [0.4, 0.5) is 23.2 Å². The maximum Gasteiger partial charge on any atom is 0.573 e. The molecule has 0 amide bonds. The summed E-state index contributed by atoms with van der Waals surface area (Å²) in [5.74, 6) is -0.100. The van der Waals surface area contributed by atoms with Crippen LogP contribution in [0.3, 0.4) is 0 Å². The van der Waals surface area contributed by atoms with Crippen LogP contribution in [0, 0.1) is 11.2 Å². The molecule has 0 bridgehead atoms. The van der Waals surface area contributed by atoms with Crippen LogP contribution in [-0.2, 0) is 6.54 Å². The molecular weight excluding hydrogens is 360 g/mol. The summed E-state index contributed by atoms with van der Waals surface area (Å²) >= 11 is 0. The molecular formula is C20H20F4N2O. The van der Waals surface area contributed by atoms with Gasteiger partial charge in [0.05, 0.1) is 0 Å². The van der Waals surface area contributed by atoms with Gasteiger partial charge in [0.15, 0.2) is 0 Å². The SMILES string of the molecule is NCc1ccc(C2CC3(C2)CN(c2ccc(OC(F)(F)F)cc2)C3)cc1F. The quantitative estimate of drug-likeness (QED) is 0.790. The standard InChI is InChI=1S/C20H20F4N2O/c21-18-7-13(1-2-14(18)10-25)15-8-19(9-15)11-26(12-19)16-3-5-17(6-4-16)27-20(22,23)24/h1-7,15H,8-12,25H2. The molecule has 1 aliphatic carbocycles. The van der Waals surface area contributed by atoms with Crippen molar-refractivity contribution in [3.63, 3.8) is 0 Å². The Labute approximate surface area is 154 Å². The zero-order chi connectivity index (χ0) is 19.2. The molecule has 1 saturated heterocycles. The molecule has 2 aliphatic rings. The predicted molar refractivity (Wildman–Crippen MR) is 94.0 cm³/mol. The second-order valence-corrected chi connectivity index (χ2v) is 7.56. The maximum absolute atomic E-state index is 13.9. The molecule has 1 heterocycles. The summed E-state index contributed by atoms with van der Waals surface area (Å²) in [5.41, 5.74) is 8.16. The van der Waals surface area contributed by atoms with Gasteiger partial charge in [-0.15, -0.1) is 13.2 Å². The van der Waals surface area contributed by atoms with E-state index in [0.29, 0.717) is 11.5 Å². The van der Waals surface area contributed by atoms with Gasteiger partial charge < -0.3 is 15.4 Å². The lowest BCUT2D eigenvalue weighted by atomic mass is 9.56. The minimum absolute atomic E-state index is 0.197. The number of hydrogen-bond acceptors (Lipinski definition) is 3. The fourth-order valence-corrected chi connectivity index (χ4v) is 4.27. The second kappa shape index (κ2) is 6.41. The number of hydrogen-bond donors (Lipinski definition) is 1. The van der Waals surface area contributed by atoms with E-state index in [4.69, 9.17) is 5.73 Å². The summed E-state index contributed by atoms with van der Waals surface area (Å²) < 4.78 is 54.4. The van der Waals surface area contributed by atoms with E-state index in [0.717, 1.165) is 37.2 Å². The Balaban J connectivity index is 1.32. The van der Waals surface area contributed by atoms with Crippen LogP contribution in [-0.4, -0.2) is 19.5 Å². The molecule has 2 aromatic rings. The van der Waals surface area contributed by atoms with Crippen molar-refractivity contribution in [1.82, 2.24) is 0 Å². The topological polar surface area (TPSA) is 38.5 Å². The van der Waals surface area contributed by atoms with E-state index in [1.807, 2.05) is 6.07 Å². The third kappa shape index (κ3) is 3.60. The molecule has 0 atom stereocenters. The lowest BCUT2D eigenvalue weighted by Crippen LogP contribution is -2.61. The number of nitrogens with two attached hydrogens (primary N) is 1. The first-order valence-corrected chi connectivity index (χ1v) is 8.86. The van der Waals surface area contributed by atoms with E-state index in [1.165, 1.54) is 12.1 Å². The molecule has 2 aromatic carbocycles. The normalized spacial score (nSPS) is 18.9. The van der Waals surface area contributed by atoms with E-state index >= 15 is 0 Å². The van der Waals surface area contributed by atoms with Gasteiger partial charge in [0.25, 0.3) is 0 Å². The van der Waals surface area contributed by atoms with Gasteiger partial charge in [0, 0.05) is 36.3 Å². The van der Waals surface area contributed by atoms with E-state index in [-0.39, 0.29) is 23.5 Å².